The number of aromatic nitrogens is 2. The molecular weight excluding hydrogens is 468 g/mol. The van der Waals surface area contributed by atoms with Crippen molar-refractivity contribution < 1.29 is 0 Å². The van der Waals surface area contributed by atoms with E-state index in [0.29, 0.717) is 12.7 Å². The van der Waals surface area contributed by atoms with E-state index in [1.807, 2.05) is 37.4 Å². The minimum absolute atomic E-state index is 0.540. The lowest BCUT2D eigenvalue weighted by atomic mass is 9.97. The van der Waals surface area contributed by atoms with Crippen LogP contribution in [-0.4, -0.2) is 23.3 Å². The number of halogens is 1. The van der Waals surface area contributed by atoms with Crippen LogP contribution in [-0.2, 0) is 6.42 Å². The number of hydrogen-bond acceptors (Lipinski definition) is 5. The summed E-state index contributed by atoms with van der Waals surface area (Å²) in [7, 11) is 1.96. The van der Waals surface area contributed by atoms with Crippen LogP contribution in [0.3, 0.4) is 0 Å². The fraction of sp³-hybridized carbons (Fsp3) is 0.310. The van der Waals surface area contributed by atoms with Crippen molar-refractivity contribution in [1.29, 1.82) is 0 Å². The molecule has 0 bridgehead atoms. The van der Waals surface area contributed by atoms with E-state index < -0.39 is 0 Å². The molecule has 2 atom stereocenters. The third kappa shape index (κ3) is 4.65. The Bertz CT molecular complexity index is 1510. The quantitative estimate of drug-likeness (QED) is 0.340. The first-order valence-electron chi connectivity index (χ1n) is 12.8. The van der Waals surface area contributed by atoms with Crippen LogP contribution in [0, 0.1) is 5.92 Å². The van der Waals surface area contributed by atoms with E-state index in [1.54, 1.807) is 0 Å². The number of aryl methyl sites for hydroxylation is 1. The van der Waals surface area contributed by atoms with E-state index in [2.05, 4.69) is 57.0 Å². The van der Waals surface area contributed by atoms with E-state index in [9.17, 15) is 0 Å². The Hall–Kier alpha value is -3.51. The molecule has 1 aliphatic carbocycles. The fourth-order valence-electron chi connectivity index (χ4n) is 5.61. The summed E-state index contributed by atoms with van der Waals surface area (Å²) in [6.07, 6.45) is 8.23. The van der Waals surface area contributed by atoms with Crippen molar-refractivity contribution in [2.45, 2.75) is 38.1 Å². The zero-order chi connectivity index (χ0) is 24.5. The number of rotatable bonds is 7. The number of fused-ring (bicyclic) bond motifs is 2. The van der Waals surface area contributed by atoms with Crippen molar-refractivity contribution in [2.24, 2.45) is 10.9 Å². The molecule has 0 spiro atoms. The van der Waals surface area contributed by atoms with Crippen LogP contribution in [0.15, 0.2) is 71.9 Å². The molecule has 2 unspecified atom stereocenters. The van der Waals surface area contributed by atoms with Gasteiger partial charge in [-0.1, -0.05) is 23.7 Å². The van der Waals surface area contributed by atoms with Crippen LogP contribution < -0.4 is 26.7 Å². The molecule has 0 saturated heterocycles. The van der Waals surface area contributed by atoms with Gasteiger partial charge in [0.05, 0.1) is 10.7 Å². The first-order chi connectivity index (χ1) is 17.7. The standard InChI is InChI=1S/C29H31ClN6/c1-31-28-25-14-15-36(29(25)33-18-32-28)24-12-5-19(16-24)2-3-20-4-6-21-7-13-27(35-26(21)17-20)34-23-10-8-22(30)9-11-23/h4,6-11,13-15,17,19,24,31-32H,2-3,5,12,16,18H2,1H3,(H,34,35). The lowest BCUT2D eigenvalue weighted by molar-refractivity contribution is 0.446. The molecule has 2 aromatic heterocycles. The van der Waals surface area contributed by atoms with Gasteiger partial charge < -0.3 is 20.5 Å². The molecule has 0 amide bonds. The molecule has 1 fully saturated rings. The maximum atomic E-state index is 6.01. The van der Waals surface area contributed by atoms with Gasteiger partial charge in [0.25, 0.3) is 0 Å². The summed E-state index contributed by atoms with van der Waals surface area (Å²) in [5.41, 5.74) is 4.48. The Labute approximate surface area is 216 Å². The number of anilines is 2. The molecule has 3 N–H and O–H groups in total. The summed E-state index contributed by atoms with van der Waals surface area (Å²) in [6.45, 7) is 0.635. The summed E-state index contributed by atoms with van der Waals surface area (Å²) >= 11 is 6.01. The van der Waals surface area contributed by atoms with Crippen LogP contribution in [0.1, 0.15) is 37.3 Å². The van der Waals surface area contributed by atoms with E-state index >= 15 is 0 Å². The molecule has 3 heterocycles. The van der Waals surface area contributed by atoms with Crippen molar-refractivity contribution in [3.63, 3.8) is 0 Å². The Morgan fingerprint density at radius 3 is 2.78 bits per heavy atom. The van der Waals surface area contributed by atoms with Crippen molar-refractivity contribution in [3.05, 3.63) is 88.2 Å². The molecule has 4 aromatic rings. The van der Waals surface area contributed by atoms with Gasteiger partial charge in [0.1, 0.15) is 23.8 Å². The van der Waals surface area contributed by atoms with E-state index in [-0.39, 0.29) is 0 Å². The average Bonchev–Trinajstić information content (AvgIpc) is 3.55. The van der Waals surface area contributed by atoms with E-state index in [4.69, 9.17) is 21.6 Å². The predicted octanol–water partition coefficient (Wildman–Crippen LogP) is 4.87. The number of benzene rings is 2. The average molecular weight is 499 g/mol. The number of pyridine rings is 1. The highest BCUT2D eigenvalue weighted by Crippen LogP contribution is 2.36. The van der Waals surface area contributed by atoms with Gasteiger partial charge in [0, 0.05) is 35.4 Å². The van der Waals surface area contributed by atoms with Crippen LogP contribution in [0.4, 0.5) is 11.5 Å². The first kappa shape index (κ1) is 22.9. The van der Waals surface area contributed by atoms with Crippen LogP contribution in [0.25, 0.3) is 16.7 Å². The maximum absolute atomic E-state index is 6.01. The topological polar surface area (TPSA) is 66.3 Å². The first-order valence-corrected chi connectivity index (χ1v) is 13.1. The van der Waals surface area contributed by atoms with Gasteiger partial charge >= 0.3 is 0 Å². The zero-order valence-electron chi connectivity index (χ0n) is 20.5. The molecule has 1 saturated carbocycles. The molecule has 2 aliphatic rings. The minimum Gasteiger partial charge on any atom is -0.374 e. The van der Waals surface area contributed by atoms with Gasteiger partial charge in [-0.05, 0) is 92.1 Å². The molecule has 0 radical (unpaired) electrons. The monoisotopic (exact) mass is 498 g/mol. The van der Waals surface area contributed by atoms with Gasteiger partial charge in [0.2, 0.25) is 0 Å². The summed E-state index contributed by atoms with van der Waals surface area (Å²) in [6, 6.07) is 21.3. The number of nitrogens with zero attached hydrogens (tertiary/aromatic N) is 3. The summed E-state index contributed by atoms with van der Waals surface area (Å²) in [5.74, 6) is 2.66. The highest BCUT2D eigenvalue weighted by atomic mass is 35.5. The third-order valence-electron chi connectivity index (χ3n) is 7.51. The second-order valence-electron chi connectivity index (χ2n) is 9.81. The smallest absolute Gasteiger partial charge is 0.140 e. The van der Waals surface area contributed by atoms with Crippen LogP contribution >= 0.6 is 11.6 Å². The zero-order valence-corrected chi connectivity index (χ0v) is 21.2. The number of hydrogen-bond donors (Lipinski definition) is 3. The van der Waals surface area contributed by atoms with Gasteiger partial charge in [0.15, 0.2) is 0 Å². The van der Waals surface area contributed by atoms with Gasteiger partial charge in [-0.3, -0.25) is 0 Å². The summed E-state index contributed by atoms with van der Waals surface area (Å²) in [5, 5.41) is 13.0. The Morgan fingerprint density at radius 1 is 1.06 bits per heavy atom. The highest BCUT2D eigenvalue weighted by Gasteiger charge is 2.26. The van der Waals surface area contributed by atoms with Crippen molar-refractivity contribution in [3.8, 4) is 0 Å². The van der Waals surface area contributed by atoms with Crippen molar-refractivity contribution >= 4 is 39.8 Å². The molecule has 7 heteroatoms. The lowest BCUT2D eigenvalue weighted by Crippen LogP contribution is -2.44. The highest BCUT2D eigenvalue weighted by molar-refractivity contribution is 6.30. The van der Waals surface area contributed by atoms with Crippen molar-refractivity contribution in [2.75, 3.05) is 19.0 Å². The molecule has 36 heavy (non-hydrogen) atoms. The van der Waals surface area contributed by atoms with E-state index in [1.165, 1.54) is 36.5 Å². The third-order valence-corrected chi connectivity index (χ3v) is 7.76. The largest absolute Gasteiger partial charge is 0.374 e. The molecule has 6 rings (SSSR count). The molecular formula is C29H31ClN6. The molecule has 6 nitrogen and oxygen atoms in total. The Morgan fingerprint density at radius 2 is 1.92 bits per heavy atom. The Balaban J connectivity index is 1.12. The van der Waals surface area contributed by atoms with Gasteiger partial charge in [-0.2, -0.15) is 0 Å². The normalized spacial score (nSPS) is 19.0. The molecule has 184 valence electrons. The predicted molar refractivity (Wildman–Crippen MR) is 147 cm³/mol. The van der Waals surface area contributed by atoms with Crippen LogP contribution in [0.5, 0.6) is 0 Å². The van der Waals surface area contributed by atoms with E-state index in [0.717, 1.165) is 51.1 Å². The summed E-state index contributed by atoms with van der Waals surface area (Å²) < 4.78 is 2.41. The van der Waals surface area contributed by atoms with Crippen molar-refractivity contribution in [1.82, 2.24) is 20.2 Å². The number of nitrogens with one attached hydrogen (secondary N) is 3. The summed E-state index contributed by atoms with van der Waals surface area (Å²) in [4.78, 5) is 9.62. The maximum Gasteiger partial charge on any atom is 0.140 e. The van der Waals surface area contributed by atoms with Gasteiger partial charge in [-0.15, -0.1) is 0 Å². The second-order valence-corrected chi connectivity index (χ2v) is 10.2. The van der Waals surface area contributed by atoms with Gasteiger partial charge in [-0.25, -0.2) is 9.98 Å². The minimum atomic E-state index is 0.540. The SMILES string of the molecule is CNC1=c2ccn(C3CCC(CCc4ccc5ccc(Nc6ccc(Cl)cc6)nc5c4)C3)c2=NCN1. The second kappa shape index (κ2) is 9.86. The molecule has 1 aliphatic heterocycles. The van der Waals surface area contributed by atoms with Crippen LogP contribution in [0.2, 0.25) is 5.02 Å². The fourth-order valence-corrected chi connectivity index (χ4v) is 5.74. The Kier molecular flexibility index (Phi) is 6.28. The molecule has 2 aromatic carbocycles. The lowest BCUT2D eigenvalue weighted by Gasteiger charge is -2.16.